The van der Waals surface area contributed by atoms with Crippen LogP contribution in [0.2, 0.25) is 0 Å². The SMILES string of the molecule is O=c1[nH]cc(-c2cc(N3CC(Oc4ccc(OC(F)(F)C(F)(F)F)cn4)C(F)(F)C3)c3nccn3n2)c(=O)[nH]1. The second-order valence-corrected chi connectivity index (χ2v) is 8.29. The average Bonchev–Trinajstić information content (AvgIpc) is 3.42. The van der Waals surface area contributed by atoms with Gasteiger partial charge in [0.15, 0.2) is 11.8 Å². The van der Waals surface area contributed by atoms with E-state index in [4.69, 9.17) is 4.74 Å². The van der Waals surface area contributed by atoms with Crippen LogP contribution in [0.1, 0.15) is 0 Å². The third kappa shape index (κ3) is 4.96. The number of hydrogen-bond donors (Lipinski definition) is 2. The molecule has 11 nitrogen and oxygen atoms in total. The molecule has 4 aromatic rings. The van der Waals surface area contributed by atoms with Crippen molar-refractivity contribution in [3.8, 4) is 22.9 Å². The number of ether oxygens (including phenoxy) is 2. The molecule has 0 spiro atoms. The fourth-order valence-electron chi connectivity index (χ4n) is 3.77. The number of imidazole rings is 1. The first-order chi connectivity index (χ1) is 18.2. The van der Waals surface area contributed by atoms with E-state index < -0.39 is 60.3 Å². The summed E-state index contributed by atoms with van der Waals surface area (Å²) in [5, 5.41) is 4.22. The maximum Gasteiger partial charge on any atom is 0.499 e. The summed E-state index contributed by atoms with van der Waals surface area (Å²) in [6.45, 7) is -1.31. The van der Waals surface area contributed by atoms with Gasteiger partial charge in [-0.15, -0.1) is 0 Å². The first-order valence-electron chi connectivity index (χ1n) is 10.8. The average molecular weight is 561 g/mol. The van der Waals surface area contributed by atoms with E-state index in [1.54, 1.807) is 0 Å². The van der Waals surface area contributed by atoms with Gasteiger partial charge in [0.1, 0.15) is 11.4 Å². The Balaban J connectivity index is 1.39. The molecule has 4 aromatic heterocycles. The molecule has 1 aliphatic heterocycles. The van der Waals surface area contributed by atoms with Crippen LogP contribution < -0.4 is 25.6 Å². The lowest BCUT2D eigenvalue weighted by molar-refractivity contribution is -0.360. The Morgan fingerprint density at radius 1 is 1.10 bits per heavy atom. The molecule has 5 rings (SSSR count). The van der Waals surface area contributed by atoms with Crippen LogP contribution in [0.15, 0.2) is 52.6 Å². The van der Waals surface area contributed by atoms with E-state index in [1.807, 2.05) is 4.98 Å². The highest BCUT2D eigenvalue weighted by molar-refractivity contribution is 5.74. The second-order valence-electron chi connectivity index (χ2n) is 8.29. The number of aromatic nitrogens is 6. The lowest BCUT2D eigenvalue weighted by Crippen LogP contribution is -2.41. The minimum atomic E-state index is -5.98. The minimum absolute atomic E-state index is 0.0357. The molecule has 1 atom stereocenters. The van der Waals surface area contributed by atoms with Crippen molar-refractivity contribution < 1.29 is 40.2 Å². The highest BCUT2D eigenvalue weighted by Gasteiger charge is 2.61. The van der Waals surface area contributed by atoms with Gasteiger partial charge in [0, 0.05) is 24.7 Å². The monoisotopic (exact) mass is 561 g/mol. The molecule has 0 radical (unpaired) electrons. The number of fused-ring (bicyclic) bond motifs is 1. The molecule has 5 heterocycles. The van der Waals surface area contributed by atoms with Gasteiger partial charge in [-0.2, -0.15) is 27.1 Å². The van der Waals surface area contributed by atoms with E-state index in [9.17, 15) is 40.3 Å². The van der Waals surface area contributed by atoms with Crippen LogP contribution in [0.5, 0.6) is 11.6 Å². The van der Waals surface area contributed by atoms with Crippen molar-refractivity contribution in [2.24, 2.45) is 0 Å². The predicted molar refractivity (Wildman–Crippen MR) is 117 cm³/mol. The van der Waals surface area contributed by atoms with Crippen LogP contribution in [-0.2, 0) is 0 Å². The molecule has 0 amide bonds. The van der Waals surface area contributed by atoms with Crippen molar-refractivity contribution in [1.29, 1.82) is 0 Å². The topological polar surface area (TPSA) is 130 Å². The van der Waals surface area contributed by atoms with E-state index in [-0.39, 0.29) is 22.6 Å². The van der Waals surface area contributed by atoms with Crippen LogP contribution in [0.3, 0.4) is 0 Å². The minimum Gasteiger partial charge on any atom is -0.466 e. The Kier molecular flexibility index (Phi) is 5.99. The largest absolute Gasteiger partial charge is 0.499 e. The fourth-order valence-corrected chi connectivity index (χ4v) is 3.77. The van der Waals surface area contributed by atoms with Crippen molar-refractivity contribution in [3.63, 3.8) is 0 Å². The van der Waals surface area contributed by atoms with Crippen LogP contribution in [0.25, 0.3) is 16.9 Å². The van der Waals surface area contributed by atoms with Gasteiger partial charge in [-0.05, 0) is 12.1 Å². The molecule has 206 valence electrons. The smallest absolute Gasteiger partial charge is 0.466 e. The fraction of sp³-hybridized carbons (Fsp3) is 0.286. The van der Waals surface area contributed by atoms with Crippen LogP contribution in [-0.4, -0.2) is 67.0 Å². The quantitative estimate of drug-likeness (QED) is 0.344. The molecule has 1 unspecified atom stereocenters. The zero-order chi connectivity index (χ0) is 28.2. The first kappa shape index (κ1) is 26.0. The van der Waals surface area contributed by atoms with Crippen molar-refractivity contribution in [1.82, 2.24) is 29.5 Å². The summed E-state index contributed by atoms with van der Waals surface area (Å²) in [4.78, 5) is 36.8. The van der Waals surface area contributed by atoms with Crippen LogP contribution in [0.4, 0.5) is 36.4 Å². The summed E-state index contributed by atoms with van der Waals surface area (Å²) >= 11 is 0. The Morgan fingerprint density at radius 2 is 1.87 bits per heavy atom. The maximum atomic E-state index is 14.9. The highest BCUT2D eigenvalue weighted by atomic mass is 19.4. The van der Waals surface area contributed by atoms with E-state index in [0.717, 1.165) is 12.3 Å². The van der Waals surface area contributed by atoms with Gasteiger partial charge in [0.05, 0.1) is 30.5 Å². The van der Waals surface area contributed by atoms with Crippen molar-refractivity contribution in [2.75, 3.05) is 18.0 Å². The van der Waals surface area contributed by atoms with Gasteiger partial charge in [0.25, 0.3) is 5.56 Å². The van der Waals surface area contributed by atoms with Crippen molar-refractivity contribution in [3.05, 3.63) is 63.8 Å². The summed E-state index contributed by atoms with van der Waals surface area (Å²) in [5.74, 6) is -4.93. The Hall–Kier alpha value is -4.64. The molecule has 0 bridgehead atoms. The van der Waals surface area contributed by atoms with E-state index in [1.165, 1.54) is 27.9 Å². The number of H-pyrrole nitrogens is 2. The lowest BCUT2D eigenvalue weighted by atomic mass is 10.2. The molecular formula is C21H14F7N7O4. The molecule has 1 fully saturated rings. The summed E-state index contributed by atoms with van der Waals surface area (Å²) in [5.41, 5.74) is -1.22. The van der Waals surface area contributed by atoms with E-state index in [2.05, 4.69) is 24.8 Å². The number of hydrogen-bond acceptors (Lipinski definition) is 8. The molecule has 1 aliphatic rings. The summed E-state index contributed by atoms with van der Waals surface area (Å²) in [6, 6.07) is 2.80. The molecule has 18 heteroatoms. The molecule has 2 N–H and O–H groups in total. The van der Waals surface area contributed by atoms with Crippen molar-refractivity contribution in [2.45, 2.75) is 24.3 Å². The van der Waals surface area contributed by atoms with E-state index >= 15 is 0 Å². The molecular weight excluding hydrogens is 547 g/mol. The number of alkyl halides is 7. The summed E-state index contributed by atoms with van der Waals surface area (Å²) in [6.07, 6.45) is -8.93. The van der Waals surface area contributed by atoms with E-state index in [0.29, 0.717) is 12.3 Å². The molecule has 0 saturated carbocycles. The Bertz CT molecular complexity index is 1630. The van der Waals surface area contributed by atoms with Crippen LogP contribution >= 0.6 is 0 Å². The summed E-state index contributed by atoms with van der Waals surface area (Å²) < 4.78 is 103. The van der Waals surface area contributed by atoms with Gasteiger partial charge in [-0.25, -0.2) is 28.1 Å². The highest BCUT2D eigenvalue weighted by Crippen LogP contribution is 2.38. The summed E-state index contributed by atoms with van der Waals surface area (Å²) in [7, 11) is 0. The normalized spacial score (nSPS) is 17.5. The lowest BCUT2D eigenvalue weighted by Gasteiger charge is -2.21. The number of pyridine rings is 1. The zero-order valence-corrected chi connectivity index (χ0v) is 19.0. The molecule has 0 aliphatic carbocycles. The van der Waals surface area contributed by atoms with Crippen molar-refractivity contribution >= 4 is 11.3 Å². The number of halogens is 7. The Morgan fingerprint density at radius 3 is 2.54 bits per heavy atom. The molecule has 0 aromatic carbocycles. The Labute approximate surface area is 210 Å². The standard InChI is InChI=1S/C21H14F7N7O4/c22-19(23)9-34(8-14(19)38-15-2-1-10(6-30-15)39-21(27,28)20(24,25)26)13-5-12(33-35-4-3-29-16(13)35)11-7-31-18(37)32-17(11)36/h1-7,14H,8-9H2,(H2,31,32,36,37). The predicted octanol–water partition coefficient (Wildman–Crippen LogP) is 2.60. The second kappa shape index (κ2) is 8.98. The third-order valence-corrected chi connectivity index (χ3v) is 5.58. The van der Waals surface area contributed by atoms with Gasteiger partial charge in [-0.1, -0.05) is 0 Å². The zero-order valence-electron chi connectivity index (χ0n) is 19.0. The van der Waals surface area contributed by atoms with Gasteiger partial charge < -0.3 is 19.4 Å². The number of nitrogens with zero attached hydrogens (tertiary/aromatic N) is 5. The third-order valence-electron chi connectivity index (χ3n) is 5.58. The molecule has 39 heavy (non-hydrogen) atoms. The van der Waals surface area contributed by atoms with Gasteiger partial charge in [0.2, 0.25) is 5.88 Å². The number of aromatic amines is 2. The first-order valence-corrected chi connectivity index (χ1v) is 10.8. The maximum absolute atomic E-state index is 14.9. The van der Waals surface area contributed by atoms with Gasteiger partial charge in [-0.3, -0.25) is 9.78 Å². The van der Waals surface area contributed by atoms with Crippen LogP contribution in [0, 0.1) is 0 Å². The molecule has 1 saturated heterocycles. The van der Waals surface area contributed by atoms with Gasteiger partial charge >= 0.3 is 23.9 Å². The number of nitrogens with one attached hydrogen (secondary N) is 2. The number of anilines is 1. The number of rotatable bonds is 6.